The van der Waals surface area contributed by atoms with Crippen molar-refractivity contribution in [2.75, 3.05) is 6.54 Å². The molecule has 1 rings (SSSR count). The Morgan fingerprint density at radius 1 is 1.45 bits per heavy atom. The summed E-state index contributed by atoms with van der Waals surface area (Å²) >= 11 is 0. The Morgan fingerprint density at radius 2 is 2.10 bits per heavy atom. The zero-order valence-corrected chi connectivity index (χ0v) is 10.8. The number of rotatable bonds is 4. The molecular formula is C9H13F2N7O2. The predicted octanol–water partition coefficient (Wildman–Crippen LogP) is 2.99. The predicted molar refractivity (Wildman–Crippen MR) is 64.2 cm³/mol. The standard InChI is InChI=1S/C9H13F2N7O2/c1-4-6(3-15-17-13)20-8(19-5(2)12)7(16-18-14)9(4,10)11/h4,6-8,12H,3H2,1-2H3/t4-,6-,7+,8?/m1/s1. The quantitative estimate of drug-likeness (QED) is 0.279. The minimum atomic E-state index is -3.42. The highest BCUT2D eigenvalue weighted by Crippen LogP contribution is 2.41. The average Bonchev–Trinajstić information content (AvgIpc) is 2.36. The molecule has 9 nitrogen and oxygen atoms in total. The van der Waals surface area contributed by atoms with Gasteiger partial charge in [-0.3, -0.25) is 5.41 Å². The van der Waals surface area contributed by atoms with Crippen LogP contribution in [0.3, 0.4) is 0 Å². The summed E-state index contributed by atoms with van der Waals surface area (Å²) < 4.78 is 38.5. The van der Waals surface area contributed by atoms with Crippen LogP contribution in [0, 0.1) is 11.3 Å². The molecule has 0 spiro atoms. The van der Waals surface area contributed by atoms with Gasteiger partial charge >= 0.3 is 0 Å². The Kier molecular flexibility index (Phi) is 5.09. The first-order valence-corrected chi connectivity index (χ1v) is 5.64. The maximum absolute atomic E-state index is 14.2. The van der Waals surface area contributed by atoms with E-state index in [1.807, 2.05) is 0 Å². The van der Waals surface area contributed by atoms with Gasteiger partial charge in [0.25, 0.3) is 5.92 Å². The number of hydrogen-bond donors (Lipinski definition) is 1. The smallest absolute Gasteiger partial charge is 0.267 e. The number of ether oxygens (including phenoxy) is 2. The molecule has 1 saturated heterocycles. The molecule has 0 radical (unpaired) electrons. The molecule has 20 heavy (non-hydrogen) atoms. The number of halogens is 2. The third-order valence-electron chi connectivity index (χ3n) is 2.92. The molecule has 1 heterocycles. The molecule has 4 atom stereocenters. The monoisotopic (exact) mass is 289 g/mol. The summed E-state index contributed by atoms with van der Waals surface area (Å²) in [7, 11) is 0. The van der Waals surface area contributed by atoms with E-state index in [1.165, 1.54) is 13.8 Å². The molecule has 0 aromatic heterocycles. The maximum atomic E-state index is 14.2. The summed E-state index contributed by atoms with van der Waals surface area (Å²) in [5.41, 5.74) is 16.6. The van der Waals surface area contributed by atoms with Gasteiger partial charge in [0.15, 0.2) is 11.9 Å². The fourth-order valence-electron chi connectivity index (χ4n) is 1.83. The highest BCUT2D eigenvalue weighted by molar-refractivity contribution is 5.69. The van der Waals surface area contributed by atoms with Crippen molar-refractivity contribution >= 4 is 5.90 Å². The number of azide groups is 2. The first-order chi connectivity index (χ1) is 9.34. The van der Waals surface area contributed by atoms with Crippen LogP contribution in [0.4, 0.5) is 8.78 Å². The van der Waals surface area contributed by atoms with Crippen molar-refractivity contribution in [1.82, 2.24) is 0 Å². The van der Waals surface area contributed by atoms with Crippen LogP contribution in [0.25, 0.3) is 20.9 Å². The molecule has 0 aliphatic carbocycles. The van der Waals surface area contributed by atoms with Gasteiger partial charge < -0.3 is 9.47 Å². The number of hydrogen-bond acceptors (Lipinski definition) is 5. The lowest BCUT2D eigenvalue weighted by Crippen LogP contribution is -2.58. The fraction of sp³-hybridized carbons (Fsp3) is 0.889. The van der Waals surface area contributed by atoms with E-state index in [0.29, 0.717) is 0 Å². The third-order valence-corrected chi connectivity index (χ3v) is 2.92. The van der Waals surface area contributed by atoms with Crippen LogP contribution in [-0.4, -0.2) is 36.8 Å². The van der Waals surface area contributed by atoms with Crippen molar-refractivity contribution in [2.45, 2.75) is 38.2 Å². The van der Waals surface area contributed by atoms with Crippen LogP contribution >= 0.6 is 0 Å². The van der Waals surface area contributed by atoms with Gasteiger partial charge in [-0.05, 0) is 11.1 Å². The first-order valence-electron chi connectivity index (χ1n) is 5.64. The highest BCUT2D eigenvalue weighted by Gasteiger charge is 2.57. The lowest BCUT2D eigenvalue weighted by Gasteiger charge is -2.43. The van der Waals surface area contributed by atoms with Crippen LogP contribution in [0.5, 0.6) is 0 Å². The summed E-state index contributed by atoms with van der Waals surface area (Å²) in [5.74, 6) is -5.12. The van der Waals surface area contributed by atoms with Crippen molar-refractivity contribution in [3.8, 4) is 0 Å². The summed E-state index contributed by atoms with van der Waals surface area (Å²) in [6.07, 6.45) is -2.70. The minimum absolute atomic E-state index is 0.312. The fourth-order valence-corrected chi connectivity index (χ4v) is 1.83. The van der Waals surface area contributed by atoms with Crippen molar-refractivity contribution in [2.24, 2.45) is 16.1 Å². The van der Waals surface area contributed by atoms with E-state index in [4.69, 9.17) is 25.9 Å². The second-order valence-corrected chi connectivity index (χ2v) is 4.24. The van der Waals surface area contributed by atoms with Gasteiger partial charge in [-0.2, -0.15) is 0 Å². The zero-order valence-electron chi connectivity index (χ0n) is 10.8. The van der Waals surface area contributed by atoms with Gasteiger partial charge in [0.2, 0.25) is 6.29 Å². The van der Waals surface area contributed by atoms with Gasteiger partial charge in [-0.25, -0.2) is 8.78 Å². The lowest BCUT2D eigenvalue weighted by atomic mass is 9.88. The molecule has 1 aliphatic heterocycles. The molecule has 1 unspecified atom stereocenters. The Hall–Kier alpha value is -2.09. The Labute approximate surface area is 112 Å². The van der Waals surface area contributed by atoms with Gasteiger partial charge in [-0.1, -0.05) is 17.2 Å². The topological polar surface area (TPSA) is 140 Å². The normalized spacial score (nSPS) is 31.6. The second-order valence-electron chi connectivity index (χ2n) is 4.24. The van der Waals surface area contributed by atoms with Crippen LogP contribution < -0.4 is 0 Å². The summed E-state index contributed by atoms with van der Waals surface area (Å²) in [4.78, 5) is 4.86. The first kappa shape index (κ1) is 16.0. The van der Waals surface area contributed by atoms with Crippen molar-refractivity contribution in [3.05, 3.63) is 20.9 Å². The summed E-state index contributed by atoms with van der Waals surface area (Å²) in [6, 6.07) is -1.90. The van der Waals surface area contributed by atoms with Gasteiger partial charge in [0.1, 0.15) is 0 Å². The molecule has 0 amide bonds. The van der Waals surface area contributed by atoms with Crippen LogP contribution in [-0.2, 0) is 9.47 Å². The number of alkyl halides is 2. The minimum Gasteiger partial charge on any atom is -0.452 e. The van der Waals surface area contributed by atoms with Crippen molar-refractivity contribution in [1.29, 1.82) is 5.41 Å². The second kappa shape index (κ2) is 6.38. The van der Waals surface area contributed by atoms with E-state index in [0.717, 1.165) is 0 Å². The van der Waals surface area contributed by atoms with Crippen molar-refractivity contribution < 1.29 is 18.3 Å². The molecular weight excluding hydrogens is 276 g/mol. The molecule has 1 aliphatic rings. The third kappa shape index (κ3) is 3.27. The SMILES string of the molecule is CC(=N)OC1O[C@H](CN=[N+]=[N-])[C@@H](C)C(F)(F)[C@H]1N=[N+]=[N-]. The van der Waals surface area contributed by atoms with E-state index in [2.05, 4.69) is 20.1 Å². The summed E-state index contributed by atoms with van der Waals surface area (Å²) in [6.45, 7) is 2.12. The molecule has 0 aromatic carbocycles. The highest BCUT2D eigenvalue weighted by atomic mass is 19.3. The summed E-state index contributed by atoms with van der Waals surface area (Å²) in [5, 5.41) is 13.4. The van der Waals surface area contributed by atoms with E-state index < -0.39 is 30.3 Å². The number of nitrogens with zero attached hydrogens (tertiary/aromatic N) is 6. The van der Waals surface area contributed by atoms with Crippen LogP contribution in [0.1, 0.15) is 13.8 Å². The van der Waals surface area contributed by atoms with Gasteiger partial charge in [0, 0.05) is 22.7 Å². The molecule has 0 bridgehead atoms. The van der Waals surface area contributed by atoms with Gasteiger partial charge in [-0.15, -0.1) is 0 Å². The van der Waals surface area contributed by atoms with E-state index in [9.17, 15) is 8.78 Å². The Balaban J connectivity index is 3.09. The Bertz CT molecular complexity index is 473. The lowest BCUT2D eigenvalue weighted by molar-refractivity contribution is -0.263. The largest absolute Gasteiger partial charge is 0.452 e. The van der Waals surface area contributed by atoms with E-state index in [1.54, 1.807) is 0 Å². The zero-order chi connectivity index (χ0) is 15.3. The molecule has 0 saturated carbocycles. The van der Waals surface area contributed by atoms with E-state index in [-0.39, 0.29) is 12.4 Å². The molecule has 11 heteroatoms. The number of nitrogens with one attached hydrogen (secondary N) is 1. The molecule has 0 aromatic rings. The maximum Gasteiger partial charge on any atom is 0.267 e. The molecule has 1 N–H and O–H groups in total. The van der Waals surface area contributed by atoms with Crippen molar-refractivity contribution in [3.63, 3.8) is 0 Å². The average molecular weight is 289 g/mol. The van der Waals surface area contributed by atoms with Crippen LogP contribution in [0.15, 0.2) is 10.2 Å². The van der Waals surface area contributed by atoms with Gasteiger partial charge in [0.05, 0.1) is 12.6 Å². The Morgan fingerprint density at radius 3 is 2.60 bits per heavy atom. The molecule has 110 valence electrons. The molecule has 1 fully saturated rings. The van der Waals surface area contributed by atoms with Crippen LogP contribution in [0.2, 0.25) is 0 Å². The van der Waals surface area contributed by atoms with E-state index >= 15 is 0 Å².